The maximum absolute atomic E-state index is 12.2. The first kappa shape index (κ1) is 19.2. The lowest BCUT2D eigenvalue weighted by Gasteiger charge is -2.12. The average molecular weight is 289 g/mol. The molecule has 1 aliphatic rings. The second kappa shape index (κ2) is 10.9. The van der Waals surface area contributed by atoms with Crippen molar-refractivity contribution in [1.29, 1.82) is 0 Å². The number of rotatable bonds is 2. The molecular formula is C19H31NO. The summed E-state index contributed by atoms with van der Waals surface area (Å²) in [5, 5.41) is 2.95. The van der Waals surface area contributed by atoms with Gasteiger partial charge in [0.2, 0.25) is 0 Å². The lowest BCUT2D eigenvalue weighted by Crippen LogP contribution is -2.24. The van der Waals surface area contributed by atoms with Gasteiger partial charge in [-0.25, -0.2) is 0 Å². The van der Waals surface area contributed by atoms with E-state index in [1.165, 1.54) is 0 Å². The van der Waals surface area contributed by atoms with Crippen LogP contribution in [0.15, 0.2) is 42.1 Å². The lowest BCUT2D eigenvalue weighted by atomic mass is 10.0. The zero-order valence-corrected chi connectivity index (χ0v) is 14.3. The Balaban J connectivity index is 0. The van der Waals surface area contributed by atoms with Crippen LogP contribution in [-0.4, -0.2) is 5.91 Å². The van der Waals surface area contributed by atoms with Crippen LogP contribution in [-0.2, 0) is 0 Å². The second-order valence-electron chi connectivity index (χ2n) is 4.36. The summed E-state index contributed by atoms with van der Waals surface area (Å²) in [5.74, 6) is -0.0154. The van der Waals surface area contributed by atoms with Gasteiger partial charge in [-0.15, -0.1) is 0 Å². The van der Waals surface area contributed by atoms with E-state index >= 15 is 0 Å². The SMILES string of the molecule is CC.CC.Cc1cccc(C)c1C(=O)NC1=CCCC=C1.[HH]. The molecule has 0 fully saturated rings. The first-order valence-corrected chi connectivity index (χ1v) is 7.93. The van der Waals surface area contributed by atoms with Crippen molar-refractivity contribution in [3.63, 3.8) is 0 Å². The topological polar surface area (TPSA) is 29.1 Å². The molecule has 0 bridgehead atoms. The molecule has 1 aromatic rings. The van der Waals surface area contributed by atoms with Crippen molar-refractivity contribution in [3.05, 3.63) is 58.8 Å². The van der Waals surface area contributed by atoms with Crippen LogP contribution in [0.1, 0.15) is 63.4 Å². The normalized spacial score (nSPS) is 12.2. The highest BCUT2D eigenvalue weighted by Crippen LogP contribution is 2.14. The van der Waals surface area contributed by atoms with Gasteiger partial charge in [-0.2, -0.15) is 0 Å². The summed E-state index contributed by atoms with van der Waals surface area (Å²) in [6.07, 6.45) is 8.17. The summed E-state index contributed by atoms with van der Waals surface area (Å²) in [6.45, 7) is 11.9. The molecule has 0 unspecified atom stereocenters. The first-order valence-electron chi connectivity index (χ1n) is 7.93. The van der Waals surface area contributed by atoms with Crippen molar-refractivity contribution >= 4 is 5.91 Å². The Labute approximate surface area is 131 Å². The van der Waals surface area contributed by atoms with Gasteiger partial charge in [0.05, 0.1) is 0 Å². The lowest BCUT2D eigenvalue weighted by molar-refractivity contribution is 0.0965. The molecule has 1 aromatic carbocycles. The van der Waals surface area contributed by atoms with E-state index in [0.717, 1.165) is 35.2 Å². The maximum Gasteiger partial charge on any atom is 0.256 e. The van der Waals surface area contributed by atoms with Crippen LogP contribution < -0.4 is 5.32 Å². The molecule has 2 rings (SSSR count). The third-order valence-corrected chi connectivity index (χ3v) is 2.96. The Kier molecular flexibility index (Phi) is 9.95. The van der Waals surface area contributed by atoms with Crippen molar-refractivity contribution in [2.45, 2.75) is 54.4 Å². The largest absolute Gasteiger partial charge is 0.322 e. The van der Waals surface area contributed by atoms with E-state index in [2.05, 4.69) is 17.5 Å². The third kappa shape index (κ3) is 5.99. The molecule has 2 heteroatoms. The summed E-state index contributed by atoms with van der Waals surface area (Å²) in [4.78, 5) is 12.2. The standard InChI is InChI=1S/C15H17NO.2C2H6.H2/c1-11-7-6-8-12(2)14(11)15(17)16-13-9-4-3-5-10-13;2*1-2;/h4,6-10H,3,5H2,1-2H3,(H,16,17);2*1-2H3;1H. The minimum atomic E-state index is -0.0154. The summed E-state index contributed by atoms with van der Waals surface area (Å²) < 4.78 is 0. The average Bonchev–Trinajstić information content (AvgIpc) is 2.52. The zero-order chi connectivity index (χ0) is 16.3. The van der Waals surface area contributed by atoms with E-state index in [-0.39, 0.29) is 7.33 Å². The smallest absolute Gasteiger partial charge is 0.256 e. The quantitative estimate of drug-likeness (QED) is 0.758. The summed E-state index contributed by atoms with van der Waals surface area (Å²) >= 11 is 0. The van der Waals surface area contributed by atoms with Crippen molar-refractivity contribution in [1.82, 2.24) is 5.32 Å². The monoisotopic (exact) mass is 289 g/mol. The van der Waals surface area contributed by atoms with Gasteiger partial charge < -0.3 is 5.32 Å². The third-order valence-electron chi connectivity index (χ3n) is 2.96. The van der Waals surface area contributed by atoms with Crippen molar-refractivity contribution in [2.75, 3.05) is 0 Å². The minimum Gasteiger partial charge on any atom is -0.322 e. The maximum atomic E-state index is 12.2. The summed E-state index contributed by atoms with van der Waals surface area (Å²) in [7, 11) is 0. The van der Waals surface area contributed by atoms with E-state index < -0.39 is 0 Å². The molecule has 1 aliphatic carbocycles. The van der Waals surface area contributed by atoms with Gasteiger partial charge in [0.15, 0.2) is 0 Å². The van der Waals surface area contributed by atoms with Gasteiger partial charge >= 0.3 is 0 Å². The second-order valence-corrected chi connectivity index (χ2v) is 4.36. The van der Waals surface area contributed by atoms with E-state index in [1.54, 1.807) is 0 Å². The number of nitrogens with one attached hydrogen (secondary N) is 1. The van der Waals surface area contributed by atoms with Crippen LogP contribution in [0.4, 0.5) is 0 Å². The Morgan fingerprint density at radius 1 is 1.05 bits per heavy atom. The zero-order valence-electron chi connectivity index (χ0n) is 14.3. The van der Waals surface area contributed by atoms with E-state index in [4.69, 9.17) is 0 Å². The molecule has 1 N–H and O–H groups in total. The van der Waals surface area contributed by atoms with Gasteiger partial charge in [0.25, 0.3) is 5.91 Å². The number of hydrogen-bond acceptors (Lipinski definition) is 1. The molecule has 0 heterocycles. The molecule has 21 heavy (non-hydrogen) atoms. The molecule has 0 atom stereocenters. The molecular weight excluding hydrogens is 258 g/mol. The number of hydrogen-bond donors (Lipinski definition) is 1. The van der Waals surface area contributed by atoms with Crippen LogP contribution in [0.5, 0.6) is 0 Å². The number of benzene rings is 1. The van der Waals surface area contributed by atoms with Crippen molar-refractivity contribution in [2.24, 2.45) is 0 Å². The molecule has 1 amide bonds. The predicted octanol–water partition coefficient (Wildman–Crippen LogP) is 5.57. The van der Waals surface area contributed by atoms with Crippen LogP contribution >= 0.6 is 0 Å². The first-order chi connectivity index (χ1) is 10.2. The molecule has 0 spiro atoms. The van der Waals surface area contributed by atoms with Crippen LogP contribution in [0, 0.1) is 13.8 Å². The molecule has 118 valence electrons. The Hall–Kier alpha value is -1.83. The Morgan fingerprint density at radius 2 is 1.62 bits per heavy atom. The van der Waals surface area contributed by atoms with Gasteiger partial charge in [-0.05, 0) is 43.9 Å². The van der Waals surface area contributed by atoms with Gasteiger partial charge in [0.1, 0.15) is 0 Å². The van der Waals surface area contributed by atoms with Crippen LogP contribution in [0.2, 0.25) is 0 Å². The van der Waals surface area contributed by atoms with E-state index in [1.807, 2.05) is 65.8 Å². The molecule has 0 aliphatic heterocycles. The fraction of sp³-hybridized carbons (Fsp3) is 0.421. The van der Waals surface area contributed by atoms with Gasteiger partial charge in [-0.1, -0.05) is 58.0 Å². The minimum absolute atomic E-state index is 0. The van der Waals surface area contributed by atoms with E-state index in [0.29, 0.717) is 0 Å². The highest BCUT2D eigenvalue weighted by Gasteiger charge is 2.12. The molecule has 0 aromatic heterocycles. The molecule has 0 saturated carbocycles. The van der Waals surface area contributed by atoms with Crippen molar-refractivity contribution < 1.29 is 6.22 Å². The predicted molar refractivity (Wildman–Crippen MR) is 94.6 cm³/mol. The Bertz CT molecular complexity index is 484. The fourth-order valence-electron chi connectivity index (χ4n) is 2.07. The molecule has 0 radical (unpaired) electrons. The van der Waals surface area contributed by atoms with Crippen molar-refractivity contribution in [3.8, 4) is 0 Å². The fourth-order valence-corrected chi connectivity index (χ4v) is 2.07. The number of allylic oxidation sites excluding steroid dienone is 3. The number of aryl methyl sites for hydroxylation is 2. The number of carbonyl (C=O) groups excluding carboxylic acids is 1. The van der Waals surface area contributed by atoms with E-state index in [9.17, 15) is 4.79 Å². The molecule has 2 nitrogen and oxygen atoms in total. The Morgan fingerprint density at radius 3 is 2.10 bits per heavy atom. The van der Waals surface area contributed by atoms with Gasteiger partial charge in [0, 0.05) is 12.7 Å². The highest BCUT2D eigenvalue weighted by atomic mass is 16.1. The summed E-state index contributed by atoms with van der Waals surface area (Å²) in [6, 6.07) is 5.90. The number of amides is 1. The molecule has 0 saturated heterocycles. The van der Waals surface area contributed by atoms with Crippen LogP contribution in [0.25, 0.3) is 0 Å². The highest BCUT2D eigenvalue weighted by molar-refractivity contribution is 5.98. The van der Waals surface area contributed by atoms with Gasteiger partial charge in [-0.3, -0.25) is 4.79 Å². The summed E-state index contributed by atoms with van der Waals surface area (Å²) in [5.41, 5.74) is 3.72. The van der Waals surface area contributed by atoms with Crippen LogP contribution in [0.3, 0.4) is 0 Å². The number of carbonyl (C=O) groups is 1.